The molecule has 88 valence electrons. The number of benzene rings is 1. The van der Waals surface area contributed by atoms with E-state index in [1.807, 2.05) is 12.1 Å². The lowest BCUT2D eigenvalue weighted by Crippen LogP contribution is -2.43. The zero-order chi connectivity index (χ0) is 11.4. The van der Waals surface area contributed by atoms with Gasteiger partial charge in [-0.15, -0.1) is 0 Å². The van der Waals surface area contributed by atoms with Crippen LogP contribution in [-0.2, 0) is 6.54 Å². The van der Waals surface area contributed by atoms with E-state index in [1.165, 1.54) is 44.2 Å². The molecule has 2 heteroatoms. The zero-order valence-electron chi connectivity index (χ0n) is 9.93. The highest BCUT2D eigenvalue weighted by Crippen LogP contribution is 2.27. The minimum Gasteiger partial charge on any atom is -0.307 e. The summed E-state index contributed by atoms with van der Waals surface area (Å²) in [6.07, 6.45) is 6.54. The van der Waals surface area contributed by atoms with Gasteiger partial charge in [-0.05, 0) is 37.5 Å². The van der Waals surface area contributed by atoms with Crippen LogP contribution in [0.5, 0.6) is 0 Å². The van der Waals surface area contributed by atoms with Crippen LogP contribution in [0.15, 0.2) is 24.3 Å². The molecule has 1 fully saturated rings. The van der Waals surface area contributed by atoms with Crippen molar-refractivity contribution in [3.8, 4) is 0 Å². The maximum absolute atomic E-state index is 12.7. The standard InChI is InChI=1S/C14H20FN/c1-14(9-3-2-4-10-14)16-11-12-5-7-13(15)8-6-12/h5-8,16H,2-4,9-11H2,1H3. The van der Waals surface area contributed by atoms with Gasteiger partial charge in [-0.3, -0.25) is 0 Å². The summed E-state index contributed by atoms with van der Waals surface area (Å²) in [6.45, 7) is 3.15. The third-order valence-electron chi connectivity index (χ3n) is 3.59. The third-order valence-corrected chi connectivity index (χ3v) is 3.59. The Balaban J connectivity index is 1.88. The lowest BCUT2D eigenvalue weighted by molar-refractivity contribution is 0.252. The van der Waals surface area contributed by atoms with Gasteiger partial charge in [-0.2, -0.15) is 0 Å². The fraction of sp³-hybridized carbons (Fsp3) is 0.571. The van der Waals surface area contributed by atoms with Gasteiger partial charge in [0.1, 0.15) is 5.82 Å². The van der Waals surface area contributed by atoms with Crippen LogP contribution in [0.3, 0.4) is 0 Å². The Kier molecular flexibility index (Phi) is 3.59. The summed E-state index contributed by atoms with van der Waals surface area (Å²) in [5, 5.41) is 3.61. The lowest BCUT2D eigenvalue weighted by Gasteiger charge is -2.34. The van der Waals surface area contributed by atoms with Crippen molar-refractivity contribution in [3.63, 3.8) is 0 Å². The van der Waals surface area contributed by atoms with E-state index in [0.29, 0.717) is 0 Å². The van der Waals surface area contributed by atoms with Crippen LogP contribution in [-0.4, -0.2) is 5.54 Å². The molecule has 0 bridgehead atoms. The van der Waals surface area contributed by atoms with E-state index in [2.05, 4.69) is 12.2 Å². The van der Waals surface area contributed by atoms with Crippen molar-refractivity contribution in [2.45, 2.75) is 51.1 Å². The zero-order valence-corrected chi connectivity index (χ0v) is 9.93. The molecule has 1 N–H and O–H groups in total. The molecule has 0 heterocycles. The first kappa shape index (κ1) is 11.6. The largest absolute Gasteiger partial charge is 0.307 e. The average Bonchev–Trinajstić information content (AvgIpc) is 2.29. The Morgan fingerprint density at radius 1 is 1.12 bits per heavy atom. The van der Waals surface area contributed by atoms with Crippen LogP contribution < -0.4 is 5.32 Å². The van der Waals surface area contributed by atoms with Crippen LogP contribution in [0.25, 0.3) is 0 Å². The molecule has 0 aliphatic heterocycles. The van der Waals surface area contributed by atoms with E-state index in [0.717, 1.165) is 12.1 Å². The minimum absolute atomic E-state index is 0.160. The summed E-state index contributed by atoms with van der Waals surface area (Å²) < 4.78 is 12.7. The van der Waals surface area contributed by atoms with Crippen LogP contribution in [0, 0.1) is 5.82 Å². The number of halogens is 1. The van der Waals surface area contributed by atoms with Crippen LogP contribution in [0.4, 0.5) is 4.39 Å². The molecule has 1 aliphatic carbocycles. The van der Waals surface area contributed by atoms with Crippen molar-refractivity contribution in [1.82, 2.24) is 5.32 Å². The molecule has 0 unspecified atom stereocenters. The first-order valence-electron chi connectivity index (χ1n) is 6.17. The normalized spacial score (nSPS) is 19.6. The molecule has 1 nitrogen and oxygen atoms in total. The van der Waals surface area contributed by atoms with Crippen molar-refractivity contribution in [2.24, 2.45) is 0 Å². The molecule has 0 radical (unpaired) electrons. The van der Waals surface area contributed by atoms with Crippen molar-refractivity contribution in [2.75, 3.05) is 0 Å². The van der Waals surface area contributed by atoms with Gasteiger partial charge in [0.05, 0.1) is 0 Å². The highest BCUT2D eigenvalue weighted by molar-refractivity contribution is 5.16. The summed E-state index contributed by atoms with van der Waals surface area (Å²) in [6, 6.07) is 6.77. The van der Waals surface area contributed by atoms with Gasteiger partial charge in [0, 0.05) is 12.1 Å². The molecule has 16 heavy (non-hydrogen) atoms. The molecule has 0 atom stereocenters. The Bertz CT molecular complexity index is 325. The van der Waals surface area contributed by atoms with Gasteiger partial charge in [-0.1, -0.05) is 31.4 Å². The summed E-state index contributed by atoms with van der Waals surface area (Å²) >= 11 is 0. The predicted octanol–water partition coefficient (Wildman–Crippen LogP) is 3.64. The van der Waals surface area contributed by atoms with Crippen LogP contribution in [0.1, 0.15) is 44.6 Å². The molecule has 1 aromatic carbocycles. The number of rotatable bonds is 3. The maximum atomic E-state index is 12.7. The van der Waals surface area contributed by atoms with Gasteiger partial charge in [0.25, 0.3) is 0 Å². The van der Waals surface area contributed by atoms with Crippen LogP contribution in [0.2, 0.25) is 0 Å². The van der Waals surface area contributed by atoms with Gasteiger partial charge in [-0.25, -0.2) is 4.39 Å². The molecule has 0 amide bonds. The van der Waals surface area contributed by atoms with Gasteiger partial charge >= 0.3 is 0 Å². The maximum Gasteiger partial charge on any atom is 0.123 e. The minimum atomic E-state index is -0.160. The Hall–Kier alpha value is -0.890. The number of hydrogen-bond donors (Lipinski definition) is 1. The van der Waals surface area contributed by atoms with Gasteiger partial charge in [0.2, 0.25) is 0 Å². The monoisotopic (exact) mass is 221 g/mol. The fourth-order valence-corrected chi connectivity index (χ4v) is 2.43. The third kappa shape index (κ3) is 3.05. The van der Waals surface area contributed by atoms with E-state index in [-0.39, 0.29) is 11.4 Å². The topological polar surface area (TPSA) is 12.0 Å². The molecule has 0 saturated heterocycles. The molecule has 2 rings (SSSR count). The lowest BCUT2D eigenvalue weighted by atomic mass is 9.83. The van der Waals surface area contributed by atoms with E-state index in [1.54, 1.807) is 0 Å². The second-order valence-electron chi connectivity index (χ2n) is 5.10. The average molecular weight is 221 g/mol. The Morgan fingerprint density at radius 2 is 1.75 bits per heavy atom. The first-order chi connectivity index (χ1) is 7.68. The highest BCUT2D eigenvalue weighted by atomic mass is 19.1. The molecular weight excluding hydrogens is 201 g/mol. The van der Waals surface area contributed by atoms with Crippen molar-refractivity contribution in [1.29, 1.82) is 0 Å². The van der Waals surface area contributed by atoms with E-state index >= 15 is 0 Å². The SMILES string of the molecule is CC1(NCc2ccc(F)cc2)CCCCC1. The van der Waals surface area contributed by atoms with Crippen molar-refractivity contribution >= 4 is 0 Å². The fourth-order valence-electron chi connectivity index (χ4n) is 2.43. The summed E-state index contributed by atoms with van der Waals surface area (Å²) in [5.41, 5.74) is 1.44. The van der Waals surface area contributed by atoms with E-state index < -0.39 is 0 Å². The summed E-state index contributed by atoms with van der Waals surface area (Å²) in [4.78, 5) is 0. The molecule has 0 aromatic heterocycles. The molecular formula is C14H20FN. The molecule has 1 aromatic rings. The Labute approximate surface area is 97.1 Å². The highest BCUT2D eigenvalue weighted by Gasteiger charge is 2.25. The summed E-state index contributed by atoms with van der Waals surface area (Å²) in [7, 11) is 0. The Morgan fingerprint density at radius 3 is 2.38 bits per heavy atom. The molecule has 1 aliphatic rings. The number of nitrogens with one attached hydrogen (secondary N) is 1. The van der Waals surface area contributed by atoms with E-state index in [4.69, 9.17) is 0 Å². The van der Waals surface area contributed by atoms with Crippen LogP contribution >= 0.6 is 0 Å². The van der Waals surface area contributed by atoms with Gasteiger partial charge < -0.3 is 5.32 Å². The predicted molar refractivity (Wildman–Crippen MR) is 64.7 cm³/mol. The van der Waals surface area contributed by atoms with Crippen molar-refractivity contribution < 1.29 is 4.39 Å². The summed E-state index contributed by atoms with van der Waals surface area (Å²) in [5.74, 6) is -0.160. The second-order valence-corrected chi connectivity index (χ2v) is 5.10. The van der Waals surface area contributed by atoms with Gasteiger partial charge in [0.15, 0.2) is 0 Å². The number of hydrogen-bond acceptors (Lipinski definition) is 1. The quantitative estimate of drug-likeness (QED) is 0.821. The first-order valence-corrected chi connectivity index (χ1v) is 6.17. The van der Waals surface area contributed by atoms with E-state index in [9.17, 15) is 4.39 Å². The molecule has 1 saturated carbocycles. The molecule has 0 spiro atoms. The van der Waals surface area contributed by atoms with Crippen molar-refractivity contribution in [3.05, 3.63) is 35.6 Å². The second kappa shape index (κ2) is 4.96. The smallest absolute Gasteiger partial charge is 0.123 e.